The Bertz CT molecular complexity index is 751. The Labute approximate surface area is 155 Å². The minimum atomic E-state index is -0.00806. The van der Waals surface area contributed by atoms with E-state index < -0.39 is 0 Å². The van der Waals surface area contributed by atoms with Crippen LogP contribution in [0, 0.1) is 0 Å². The van der Waals surface area contributed by atoms with Crippen LogP contribution in [0.3, 0.4) is 0 Å². The number of quaternary nitrogens is 1. The van der Waals surface area contributed by atoms with E-state index in [2.05, 4.69) is 41.7 Å². The molecule has 0 aliphatic carbocycles. The van der Waals surface area contributed by atoms with Crippen LogP contribution in [0.1, 0.15) is 39.9 Å². The maximum Gasteiger partial charge on any atom is 0.251 e. The molecule has 0 bridgehead atoms. The third-order valence-corrected chi connectivity index (χ3v) is 5.49. The summed E-state index contributed by atoms with van der Waals surface area (Å²) in [6, 6.07) is 16.8. The Balaban J connectivity index is 1.31. The molecule has 1 fully saturated rings. The molecule has 2 aromatic carbocycles. The minimum absolute atomic E-state index is 0.00806. The highest BCUT2D eigenvalue weighted by Crippen LogP contribution is 2.12. The Morgan fingerprint density at radius 2 is 1.92 bits per heavy atom. The van der Waals surface area contributed by atoms with Crippen molar-refractivity contribution in [2.45, 2.75) is 38.5 Å². The van der Waals surface area contributed by atoms with Crippen molar-refractivity contribution >= 4 is 5.91 Å². The Hall–Kier alpha value is -2.17. The molecule has 2 aliphatic heterocycles. The second-order valence-electron chi connectivity index (χ2n) is 7.41. The van der Waals surface area contributed by atoms with E-state index in [1.807, 2.05) is 12.1 Å². The molecular weight excluding hydrogens is 324 g/mol. The van der Waals surface area contributed by atoms with E-state index in [-0.39, 0.29) is 12.0 Å². The van der Waals surface area contributed by atoms with E-state index in [0.29, 0.717) is 6.54 Å². The Kier molecular flexibility index (Phi) is 5.32. The van der Waals surface area contributed by atoms with Gasteiger partial charge < -0.3 is 15.0 Å². The van der Waals surface area contributed by atoms with Crippen molar-refractivity contribution in [3.05, 3.63) is 70.8 Å². The van der Waals surface area contributed by atoms with Gasteiger partial charge in [0.1, 0.15) is 13.1 Å². The molecule has 0 aromatic heterocycles. The van der Waals surface area contributed by atoms with Crippen LogP contribution in [-0.2, 0) is 24.2 Å². The van der Waals surface area contributed by atoms with E-state index in [9.17, 15) is 4.79 Å². The summed E-state index contributed by atoms with van der Waals surface area (Å²) in [5.41, 5.74) is 4.98. The summed E-state index contributed by atoms with van der Waals surface area (Å²) in [7, 11) is 0. The van der Waals surface area contributed by atoms with Crippen molar-refractivity contribution in [1.29, 1.82) is 0 Å². The topological polar surface area (TPSA) is 42.8 Å². The highest BCUT2D eigenvalue weighted by atomic mass is 16.5. The first-order valence-corrected chi connectivity index (χ1v) is 9.67. The van der Waals surface area contributed by atoms with E-state index in [1.54, 1.807) is 4.90 Å². The lowest BCUT2D eigenvalue weighted by molar-refractivity contribution is -0.929. The summed E-state index contributed by atoms with van der Waals surface area (Å²) in [5.74, 6) is -0.00806. The van der Waals surface area contributed by atoms with Crippen molar-refractivity contribution in [2.75, 3.05) is 19.7 Å². The molecule has 2 aliphatic rings. The molecule has 2 heterocycles. The standard InChI is InChI=1S/C22H26N2O2/c25-22(23-14-21-6-3-13-26-21)19-9-7-17(8-10-19)15-24-12-11-18-4-1-2-5-20(18)16-24/h1-2,4-5,7-10,21H,3,6,11-16H2,(H,23,25)/p+1/t21-/m1/s1. The number of nitrogens with one attached hydrogen (secondary N) is 2. The SMILES string of the molecule is O=C(NC[C@H]1CCCO1)c1ccc(C[NH+]2CCc3ccccc3C2)cc1. The highest BCUT2D eigenvalue weighted by Gasteiger charge is 2.19. The van der Waals surface area contributed by atoms with Crippen LogP contribution in [-0.4, -0.2) is 31.7 Å². The van der Waals surface area contributed by atoms with Gasteiger partial charge >= 0.3 is 0 Å². The van der Waals surface area contributed by atoms with Gasteiger partial charge in [-0.2, -0.15) is 0 Å². The molecule has 2 atom stereocenters. The zero-order chi connectivity index (χ0) is 17.8. The van der Waals surface area contributed by atoms with Gasteiger partial charge in [-0.05, 0) is 30.5 Å². The third kappa shape index (κ3) is 4.14. The first-order valence-electron chi connectivity index (χ1n) is 9.67. The number of carbonyl (C=O) groups is 1. The average Bonchev–Trinajstić information content (AvgIpc) is 3.20. The van der Waals surface area contributed by atoms with Crippen molar-refractivity contribution in [2.24, 2.45) is 0 Å². The highest BCUT2D eigenvalue weighted by molar-refractivity contribution is 5.94. The molecule has 136 valence electrons. The van der Waals surface area contributed by atoms with Crippen LogP contribution in [0.15, 0.2) is 48.5 Å². The van der Waals surface area contributed by atoms with Gasteiger partial charge in [0, 0.05) is 36.3 Å². The number of hydrogen-bond donors (Lipinski definition) is 2. The lowest BCUT2D eigenvalue weighted by Gasteiger charge is -2.26. The first-order chi connectivity index (χ1) is 12.8. The second kappa shape index (κ2) is 8.02. The lowest BCUT2D eigenvalue weighted by Crippen LogP contribution is -3.10. The Morgan fingerprint density at radius 1 is 1.12 bits per heavy atom. The van der Waals surface area contributed by atoms with Crippen molar-refractivity contribution in [3.8, 4) is 0 Å². The van der Waals surface area contributed by atoms with E-state index in [4.69, 9.17) is 4.74 Å². The van der Waals surface area contributed by atoms with Crippen molar-refractivity contribution < 1.29 is 14.4 Å². The number of carbonyl (C=O) groups excluding carboxylic acids is 1. The third-order valence-electron chi connectivity index (χ3n) is 5.49. The fraction of sp³-hybridized carbons (Fsp3) is 0.409. The normalized spacial score (nSPS) is 22.0. The van der Waals surface area contributed by atoms with Gasteiger partial charge in [0.2, 0.25) is 0 Å². The maximum atomic E-state index is 12.3. The zero-order valence-corrected chi connectivity index (χ0v) is 15.2. The van der Waals surface area contributed by atoms with Crippen LogP contribution in [0.2, 0.25) is 0 Å². The van der Waals surface area contributed by atoms with Gasteiger partial charge in [-0.1, -0.05) is 36.4 Å². The van der Waals surface area contributed by atoms with Gasteiger partial charge in [-0.15, -0.1) is 0 Å². The number of benzene rings is 2. The Morgan fingerprint density at radius 3 is 2.69 bits per heavy atom. The van der Waals surface area contributed by atoms with Crippen LogP contribution in [0.5, 0.6) is 0 Å². The van der Waals surface area contributed by atoms with Gasteiger partial charge in [0.25, 0.3) is 5.91 Å². The molecular formula is C22H27N2O2+. The number of ether oxygens (including phenoxy) is 1. The predicted molar refractivity (Wildman–Crippen MR) is 101 cm³/mol. The monoisotopic (exact) mass is 351 g/mol. The number of fused-ring (bicyclic) bond motifs is 1. The fourth-order valence-corrected chi connectivity index (χ4v) is 3.97. The van der Waals surface area contributed by atoms with E-state index in [1.165, 1.54) is 23.2 Å². The molecule has 2 aromatic rings. The quantitative estimate of drug-likeness (QED) is 0.862. The summed E-state index contributed by atoms with van der Waals surface area (Å²) >= 11 is 0. The molecule has 1 saturated heterocycles. The summed E-state index contributed by atoms with van der Waals surface area (Å²) in [5, 5.41) is 2.98. The molecule has 0 spiro atoms. The summed E-state index contributed by atoms with van der Waals surface area (Å²) in [4.78, 5) is 13.9. The number of hydrogen-bond acceptors (Lipinski definition) is 2. The van der Waals surface area contributed by atoms with Crippen LogP contribution in [0.4, 0.5) is 0 Å². The molecule has 0 radical (unpaired) electrons. The van der Waals surface area contributed by atoms with Gasteiger partial charge in [-0.3, -0.25) is 4.79 Å². The molecule has 4 heteroatoms. The van der Waals surface area contributed by atoms with Crippen LogP contribution < -0.4 is 10.2 Å². The molecule has 2 N–H and O–H groups in total. The van der Waals surface area contributed by atoms with Gasteiger partial charge in [0.15, 0.2) is 0 Å². The second-order valence-corrected chi connectivity index (χ2v) is 7.41. The zero-order valence-electron chi connectivity index (χ0n) is 15.2. The molecule has 0 saturated carbocycles. The fourth-order valence-electron chi connectivity index (χ4n) is 3.97. The molecule has 4 nitrogen and oxygen atoms in total. The summed E-state index contributed by atoms with van der Waals surface area (Å²) in [6.45, 7) is 4.68. The van der Waals surface area contributed by atoms with Crippen molar-refractivity contribution in [3.63, 3.8) is 0 Å². The molecule has 26 heavy (non-hydrogen) atoms. The molecule has 1 amide bonds. The minimum Gasteiger partial charge on any atom is -0.376 e. The predicted octanol–water partition coefficient (Wildman–Crippen LogP) is 1.74. The van der Waals surface area contributed by atoms with E-state index >= 15 is 0 Å². The summed E-state index contributed by atoms with van der Waals surface area (Å²) in [6.07, 6.45) is 3.47. The number of amides is 1. The van der Waals surface area contributed by atoms with Crippen molar-refractivity contribution in [1.82, 2.24) is 5.32 Å². The molecule has 1 unspecified atom stereocenters. The summed E-state index contributed by atoms with van der Waals surface area (Å²) < 4.78 is 5.55. The average molecular weight is 351 g/mol. The van der Waals surface area contributed by atoms with Crippen LogP contribution >= 0.6 is 0 Å². The smallest absolute Gasteiger partial charge is 0.251 e. The largest absolute Gasteiger partial charge is 0.376 e. The molecule has 4 rings (SSSR count). The maximum absolute atomic E-state index is 12.3. The lowest BCUT2D eigenvalue weighted by atomic mass is 9.99. The van der Waals surface area contributed by atoms with Gasteiger partial charge in [0.05, 0.1) is 12.6 Å². The van der Waals surface area contributed by atoms with Gasteiger partial charge in [-0.25, -0.2) is 0 Å². The van der Waals surface area contributed by atoms with Crippen LogP contribution in [0.25, 0.3) is 0 Å². The van der Waals surface area contributed by atoms with E-state index in [0.717, 1.165) is 44.5 Å². The number of rotatable bonds is 5. The first kappa shape index (κ1) is 17.3.